The molecule has 10 heteroatoms. The fourth-order valence-electron chi connectivity index (χ4n) is 4.25. The zero-order chi connectivity index (χ0) is 24.6. The number of benzene rings is 1. The molecule has 2 aromatic rings. The van der Waals surface area contributed by atoms with E-state index in [2.05, 4.69) is 4.90 Å². The molecular formula is C25H32N4O5S. The molecular weight excluding hydrogens is 468 g/mol. The maximum atomic E-state index is 13.6. The van der Waals surface area contributed by atoms with Crippen LogP contribution in [0.4, 0.5) is 0 Å². The van der Waals surface area contributed by atoms with Gasteiger partial charge in [0, 0.05) is 39.7 Å². The molecule has 9 nitrogen and oxygen atoms in total. The van der Waals surface area contributed by atoms with E-state index < -0.39 is 0 Å². The van der Waals surface area contributed by atoms with Gasteiger partial charge in [-0.3, -0.25) is 14.5 Å². The van der Waals surface area contributed by atoms with Crippen LogP contribution in [0.2, 0.25) is 0 Å². The molecule has 1 saturated heterocycles. The Morgan fingerprint density at radius 2 is 1.94 bits per heavy atom. The van der Waals surface area contributed by atoms with Crippen molar-refractivity contribution >= 4 is 28.9 Å². The second-order valence-corrected chi connectivity index (χ2v) is 9.41. The van der Waals surface area contributed by atoms with Crippen molar-refractivity contribution in [3.63, 3.8) is 0 Å². The maximum absolute atomic E-state index is 13.6. The van der Waals surface area contributed by atoms with Crippen molar-refractivity contribution in [2.75, 3.05) is 66.8 Å². The highest BCUT2D eigenvalue weighted by Crippen LogP contribution is 2.34. The fraction of sp³-hybridized carbons (Fsp3) is 0.480. The number of hydrazone groups is 1. The first-order valence-electron chi connectivity index (χ1n) is 11.7. The summed E-state index contributed by atoms with van der Waals surface area (Å²) in [4.78, 5) is 31.2. The van der Waals surface area contributed by atoms with Gasteiger partial charge in [-0.2, -0.15) is 5.10 Å². The number of ether oxygens (including phenoxy) is 3. The lowest BCUT2D eigenvalue weighted by Gasteiger charge is -2.31. The summed E-state index contributed by atoms with van der Waals surface area (Å²) in [6.07, 6.45) is 0.610. The van der Waals surface area contributed by atoms with Gasteiger partial charge in [0.25, 0.3) is 5.91 Å². The summed E-state index contributed by atoms with van der Waals surface area (Å²) in [6.45, 7) is 4.00. The van der Waals surface area contributed by atoms with Crippen LogP contribution in [-0.2, 0) is 19.1 Å². The molecule has 1 aromatic carbocycles. The van der Waals surface area contributed by atoms with Crippen LogP contribution in [0.15, 0.2) is 46.9 Å². The lowest BCUT2D eigenvalue weighted by molar-refractivity contribution is -0.143. The Balaban J connectivity index is 1.52. The van der Waals surface area contributed by atoms with Gasteiger partial charge in [-0.05, 0) is 29.1 Å². The topological polar surface area (TPSA) is 83.9 Å². The van der Waals surface area contributed by atoms with Gasteiger partial charge in [0.15, 0.2) is 0 Å². The van der Waals surface area contributed by atoms with Crippen molar-refractivity contribution < 1.29 is 23.8 Å². The molecule has 1 fully saturated rings. The molecule has 0 saturated carbocycles. The summed E-state index contributed by atoms with van der Waals surface area (Å²) in [5, 5.41) is 8.26. The average molecular weight is 501 g/mol. The Kier molecular flexibility index (Phi) is 8.86. The van der Waals surface area contributed by atoms with Gasteiger partial charge in [-0.1, -0.05) is 18.2 Å². The summed E-state index contributed by atoms with van der Waals surface area (Å²) < 4.78 is 15.8. The smallest absolute Gasteiger partial charge is 0.262 e. The van der Waals surface area contributed by atoms with Gasteiger partial charge in [-0.15, -0.1) is 11.3 Å². The first-order chi connectivity index (χ1) is 17.1. The molecule has 0 bridgehead atoms. The van der Waals surface area contributed by atoms with Gasteiger partial charge >= 0.3 is 0 Å². The number of morpholine rings is 1. The van der Waals surface area contributed by atoms with Crippen molar-refractivity contribution in [1.82, 2.24) is 14.8 Å². The van der Waals surface area contributed by atoms with E-state index in [1.54, 1.807) is 28.4 Å². The number of hydrogen-bond acceptors (Lipinski definition) is 8. The van der Waals surface area contributed by atoms with E-state index in [4.69, 9.17) is 19.3 Å². The second-order valence-electron chi connectivity index (χ2n) is 8.46. The number of rotatable bonds is 10. The largest absolute Gasteiger partial charge is 0.497 e. The number of thiophene rings is 1. The molecule has 4 rings (SSSR count). The number of hydrogen-bond donors (Lipinski definition) is 0. The van der Waals surface area contributed by atoms with E-state index in [-0.39, 0.29) is 31.0 Å². The lowest BCUT2D eigenvalue weighted by atomic mass is 10.0. The number of carbonyl (C=O) groups excluding carboxylic acids is 2. The second kappa shape index (κ2) is 12.3. The van der Waals surface area contributed by atoms with Crippen LogP contribution in [-0.4, -0.2) is 99.1 Å². The molecule has 2 aliphatic rings. The summed E-state index contributed by atoms with van der Waals surface area (Å²) in [5.74, 6) is 0.323. The predicted octanol–water partition coefficient (Wildman–Crippen LogP) is 2.24. The standard InChI is InChI=1S/C25H32N4O5S/c1-32-18-25(31)28(10-9-27-11-13-34-14-12-27)17-24(30)29-22(19-5-7-20(33-2)8-6-19)16-21(26-29)23-4-3-15-35-23/h3-8,15,22H,9-14,16-18H2,1-2H3. The Bertz CT molecular complexity index is 1010. The maximum Gasteiger partial charge on any atom is 0.262 e. The van der Waals surface area contributed by atoms with E-state index >= 15 is 0 Å². The summed E-state index contributed by atoms with van der Waals surface area (Å²) in [6, 6.07) is 11.4. The molecule has 1 aromatic heterocycles. The van der Waals surface area contributed by atoms with Crippen LogP contribution in [0.3, 0.4) is 0 Å². The van der Waals surface area contributed by atoms with Gasteiger partial charge in [0.1, 0.15) is 18.9 Å². The minimum atomic E-state index is -0.246. The molecule has 35 heavy (non-hydrogen) atoms. The lowest BCUT2D eigenvalue weighted by Crippen LogP contribution is -2.47. The predicted molar refractivity (Wildman–Crippen MR) is 134 cm³/mol. The van der Waals surface area contributed by atoms with Gasteiger partial charge in [0.2, 0.25) is 5.91 Å². The SMILES string of the molecule is COCC(=O)N(CCN1CCOCC1)CC(=O)N1N=C(c2cccs2)CC1c1ccc(OC)cc1. The Morgan fingerprint density at radius 1 is 1.17 bits per heavy atom. The minimum absolute atomic E-state index is 0.0552. The third kappa shape index (κ3) is 6.46. The van der Waals surface area contributed by atoms with Crippen molar-refractivity contribution in [2.45, 2.75) is 12.5 Å². The zero-order valence-electron chi connectivity index (χ0n) is 20.2. The van der Waals surface area contributed by atoms with Crippen LogP contribution in [0.25, 0.3) is 0 Å². The highest BCUT2D eigenvalue weighted by atomic mass is 32.1. The minimum Gasteiger partial charge on any atom is -0.497 e. The fourth-order valence-corrected chi connectivity index (χ4v) is 4.97. The molecule has 1 atom stereocenters. The highest BCUT2D eigenvalue weighted by molar-refractivity contribution is 7.12. The zero-order valence-corrected chi connectivity index (χ0v) is 21.0. The van der Waals surface area contributed by atoms with Gasteiger partial charge < -0.3 is 19.1 Å². The molecule has 0 radical (unpaired) electrons. The summed E-state index contributed by atoms with van der Waals surface area (Å²) in [7, 11) is 3.11. The van der Waals surface area contributed by atoms with Crippen molar-refractivity contribution in [3.05, 3.63) is 52.2 Å². The highest BCUT2D eigenvalue weighted by Gasteiger charge is 2.34. The van der Waals surface area contributed by atoms with Gasteiger partial charge in [0.05, 0.1) is 37.0 Å². The molecule has 0 spiro atoms. The van der Waals surface area contributed by atoms with Crippen LogP contribution in [0.1, 0.15) is 22.9 Å². The van der Waals surface area contributed by atoms with Crippen molar-refractivity contribution in [2.24, 2.45) is 5.10 Å². The Labute approximate surface area is 209 Å². The molecule has 1 unspecified atom stereocenters. The third-order valence-electron chi connectivity index (χ3n) is 6.21. The van der Waals surface area contributed by atoms with Crippen molar-refractivity contribution in [1.29, 1.82) is 0 Å². The molecule has 3 heterocycles. The summed E-state index contributed by atoms with van der Waals surface area (Å²) in [5.41, 5.74) is 1.84. The molecule has 0 aliphatic carbocycles. The third-order valence-corrected chi connectivity index (χ3v) is 7.13. The Hall–Kier alpha value is -2.79. The molecule has 188 valence electrons. The Morgan fingerprint density at radius 3 is 2.60 bits per heavy atom. The molecule has 2 aliphatic heterocycles. The monoisotopic (exact) mass is 500 g/mol. The number of carbonyl (C=O) groups is 2. The quantitative estimate of drug-likeness (QED) is 0.498. The average Bonchev–Trinajstić information content (AvgIpc) is 3.58. The van der Waals surface area contributed by atoms with E-state index in [1.165, 1.54) is 7.11 Å². The van der Waals surface area contributed by atoms with E-state index in [1.807, 2.05) is 41.8 Å². The van der Waals surface area contributed by atoms with Crippen molar-refractivity contribution in [3.8, 4) is 5.75 Å². The molecule has 2 amide bonds. The number of nitrogens with zero attached hydrogens (tertiary/aromatic N) is 4. The van der Waals surface area contributed by atoms with Gasteiger partial charge in [-0.25, -0.2) is 5.01 Å². The number of amides is 2. The normalized spacial score (nSPS) is 18.4. The van der Waals surface area contributed by atoms with Crippen LogP contribution in [0.5, 0.6) is 5.75 Å². The van der Waals surface area contributed by atoms with Crippen LogP contribution < -0.4 is 4.74 Å². The number of methoxy groups -OCH3 is 2. The van der Waals surface area contributed by atoms with E-state index in [9.17, 15) is 9.59 Å². The summed E-state index contributed by atoms with van der Waals surface area (Å²) >= 11 is 1.60. The van der Waals surface area contributed by atoms with E-state index in [0.717, 1.165) is 35.0 Å². The first-order valence-corrected chi connectivity index (χ1v) is 12.6. The first kappa shape index (κ1) is 25.3. The molecule has 0 N–H and O–H groups in total. The van der Waals surface area contributed by atoms with Crippen LogP contribution in [0, 0.1) is 0 Å². The van der Waals surface area contributed by atoms with E-state index in [0.29, 0.717) is 32.7 Å². The van der Waals surface area contributed by atoms with Crippen LogP contribution >= 0.6 is 11.3 Å².